The number of H-pyrrole nitrogens is 1. The van der Waals surface area contributed by atoms with E-state index in [1.165, 1.54) is 16.5 Å². The molecule has 0 radical (unpaired) electrons. The zero-order valence-electron chi connectivity index (χ0n) is 23.1. The zero-order valence-corrected chi connectivity index (χ0v) is 23.1. The van der Waals surface area contributed by atoms with Gasteiger partial charge in [0.2, 0.25) is 5.91 Å². The normalized spacial score (nSPS) is 10.9. The minimum Gasteiger partial charge on any atom is -0.385 e. The molecule has 1 aromatic heterocycles. The van der Waals surface area contributed by atoms with Crippen LogP contribution in [0.4, 0.5) is 10.5 Å². The second-order valence-electron chi connectivity index (χ2n) is 9.97. The molecule has 0 bridgehead atoms. The molecule has 0 spiro atoms. The number of rotatable bonds is 12. The van der Waals surface area contributed by atoms with Crippen molar-refractivity contribution in [3.63, 3.8) is 0 Å². The molecule has 204 valence electrons. The van der Waals surface area contributed by atoms with Crippen LogP contribution in [0, 0.1) is 13.8 Å². The van der Waals surface area contributed by atoms with Gasteiger partial charge in [-0.05, 0) is 56.0 Å². The van der Waals surface area contributed by atoms with E-state index in [2.05, 4.69) is 46.7 Å². The Morgan fingerprint density at radius 1 is 0.872 bits per heavy atom. The number of aryl methyl sites for hydroxylation is 2. The fourth-order valence-electron chi connectivity index (χ4n) is 4.55. The Hall–Kier alpha value is -4.10. The summed E-state index contributed by atoms with van der Waals surface area (Å²) in [5.74, 6) is -0.0908. The van der Waals surface area contributed by atoms with E-state index in [1.54, 1.807) is 12.0 Å². The van der Waals surface area contributed by atoms with Crippen LogP contribution in [0.3, 0.4) is 0 Å². The average Bonchev–Trinajstić information content (AvgIpc) is 3.36. The topological polar surface area (TPSA) is 77.7 Å². The SMILES string of the molecule is COCCCN(CC(=O)N(CCc1c[nH]c2ccccc12)Cc1ccc(C)cc1)C(=O)Nc1ccc(C)cc1. The standard InChI is InChI=1S/C32H38N4O3/c1-24-9-13-26(14-10-24)22-35(19-17-27-21-33-30-8-5-4-7-29(27)30)31(37)23-36(18-6-20-39-3)32(38)34-28-15-11-25(2)12-16-28/h4-5,7-16,21,33H,6,17-20,22-23H2,1-3H3,(H,34,38). The highest BCUT2D eigenvalue weighted by Crippen LogP contribution is 2.19. The third kappa shape index (κ3) is 7.94. The van der Waals surface area contributed by atoms with E-state index in [0.29, 0.717) is 44.8 Å². The number of fused-ring (bicyclic) bond motifs is 1. The van der Waals surface area contributed by atoms with Crippen LogP contribution in [0.15, 0.2) is 79.0 Å². The summed E-state index contributed by atoms with van der Waals surface area (Å²) in [5, 5.41) is 4.11. The van der Waals surface area contributed by atoms with Gasteiger partial charge in [0.15, 0.2) is 0 Å². The average molecular weight is 527 g/mol. The third-order valence-electron chi connectivity index (χ3n) is 6.87. The number of methoxy groups -OCH3 is 1. The van der Waals surface area contributed by atoms with Gasteiger partial charge in [-0.15, -0.1) is 0 Å². The molecule has 0 saturated carbocycles. The first-order valence-corrected chi connectivity index (χ1v) is 13.4. The van der Waals surface area contributed by atoms with Crippen molar-refractivity contribution in [1.29, 1.82) is 0 Å². The van der Waals surface area contributed by atoms with Crippen molar-refractivity contribution in [3.8, 4) is 0 Å². The van der Waals surface area contributed by atoms with Crippen molar-refractivity contribution in [3.05, 3.63) is 101 Å². The summed E-state index contributed by atoms with van der Waals surface area (Å²) >= 11 is 0. The highest BCUT2D eigenvalue weighted by molar-refractivity contribution is 5.92. The molecule has 0 fully saturated rings. The molecular formula is C32H38N4O3. The Labute approximate surface area is 230 Å². The van der Waals surface area contributed by atoms with Crippen molar-refractivity contribution in [2.24, 2.45) is 0 Å². The first-order valence-electron chi connectivity index (χ1n) is 13.4. The lowest BCUT2D eigenvalue weighted by Gasteiger charge is -2.28. The molecule has 0 aliphatic heterocycles. The number of hydrogen-bond acceptors (Lipinski definition) is 3. The first kappa shape index (κ1) is 27.9. The number of carbonyl (C=O) groups excluding carboxylic acids is 2. The molecule has 7 nitrogen and oxygen atoms in total. The van der Waals surface area contributed by atoms with Crippen LogP contribution in [0.25, 0.3) is 10.9 Å². The number of carbonyl (C=O) groups is 2. The Morgan fingerprint density at radius 2 is 1.56 bits per heavy atom. The minimum atomic E-state index is -0.296. The third-order valence-corrected chi connectivity index (χ3v) is 6.87. The summed E-state index contributed by atoms with van der Waals surface area (Å²) in [5.41, 5.74) is 6.30. The van der Waals surface area contributed by atoms with Gasteiger partial charge in [-0.2, -0.15) is 0 Å². The van der Waals surface area contributed by atoms with Gasteiger partial charge >= 0.3 is 6.03 Å². The largest absolute Gasteiger partial charge is 0.385 e. The van der Waals surface area contributed by atoms with Gasteiger partial charge in [0.05, 0.1) is 0 Å². The molecule has 0 aliphatic rings. The van der Waals surface area contributed by atoms with Gasteiger partial charge in [-0.3, -0.25) is 4.79 Å². The number of benzene rings is 3. The van der Waals surface area contributed by atoms with Gasteiger partial charge in [0.1, 0.15) is 6.54 Å². The van der Waals surface area contributed by atoms with Crippen LogP contribution in [0.2, 0.25) is 0 Å². The van der Waals surface area contributed by atoms with Crippen LogP contribution >= 0.6 is 0 Å². The van der Waals surface area contributed by atoms with Crippen LogP contribution in [-0.2, 0) is 22.5 Å². The smallest absolute Gasteiger partial charge is 0.322 e. The molecule has 39 heavy (non-hydrogen) atoms. The summed E-state index contributed by atoms with van der Waals surface area (Å²) in [4.78, 5) is 33.7. The number of para-hydroxylation sites is 1. The van der Waals surface area contributed by atoms with Crippen LogP contribution in [0.5, 0.6) is 0 Å². The van der Waals surface area contributed by atoms with E-state index in [1.807, 2.05) is 61.3 Å². The summed E-state index contributed by atoms with van der Waals surface area (Å²) in [6.45, 7) is 5.98. The van der Waals surface area contributed by atoms with Crippen molar-refractivity contribution < 1.29 is 14.3 Å². The fourth-order valence-corrected chi connectivity index (χ4v) is 4.55. The lowest BCUT2D eigenvalue weighted by molar-refractivity contribution is -0.132. The Kier molecular flexibility index (Phi) is 9.75. The summed E-state index contributed by atoms with van der Waals surface area (Å²) in [6.07, 6.45) is 3.37. The van der Waals surface area contributed by atoms with Gasteiger partial charge in [0, 0.05) is 56.1 Å². The molecule has 2 N–H and O–H groups in total. The lowest BCUT2D eigenvalue weighted by Crippen LogP contribution is -2.45. The first-order chi connectivity index (χ1) is 18.9. The molecular weight excluding hydrogens is 488 g/mol. The number of ether oxygens (including phenoxy) is 1. The van der Waals surface area contributed by atoms with Gasteiger partial charge < -0.3 is 24.8 Å². The number of hydrogen-bond donors (Lipinski definition) is 2. The molecule has 0 saturated heterocycles. The fraction of sp³-hybridized carbons (Fsp3) is 0.312. The molecule has 0 unspecified atom stereocenters. The van der Waals surface area contributed by atoms with Crippen LogP contribution in [0.1, 0.15) is 28.7 Å². The Balaban J connectivity index is 1.50. The number of aromatic nitrogens is 1. The molecule has 3 aromatic carbocycles. The van der Waals surface area contributed by atoms with E-state index in [4.69, 9.17) is 4.74 Å². The second kappa shape index (κ2) is 13.6. The highest BCUT2D eigenvalue weighted by Gasteiger charge is 2.22. The summed E-state index contributed by atoms with van der Waals surface area (Å²) < 4.78 is 5.20. The molecule has 0 aliphatic carbocycles. The number of anilines is 1. The molecule has 4 aromatic rings. The predicted octanol–water partition coefficient (Wildman–Crippen LogP) is 5.93. The Bertz CT molecular complexity index is 1360. The van der Waals surface area contributed by atoms with E-state index in [-0.39, 0.29) is 18.5 Å². The lowest BCUT2D eigenvalue weighted by atomic mass is 10.1. The summed E-state index contributed by atoms with van der Waals surface area (Å²) in [7, 11) is 1.63. The molecule has 7 heteroatoms. The zero-order chi connectivity index (χ0) is 27.6. The van der Waals surface area contributed by atoms with Crippen molar-refractivity contribution >= 4 is 28.5 Å². The molecule has 3 amide bonds. The Morgan fingerprint density at radius 3 is 2.28 bits per heavy atom. The minimum absolute atomic E-state index is 0.0127. The van der Waals surface area contributed by atoms with Gasteiger partial charge in [-0.25, -0.2) is 4.79 Å². The van der Waals surface area contributed by atoms with E-state index in [9.17, 15) is 9.59 Å². The predicted molar refractivity (Wildman–Crippen MR) is 157 cm³/mol. The van der Waals surface area contributed by atoms with Gasteiger partial charge in [0.25, 0.3) is 0 Å². The van der Waals surface area contributed by atoms with Crippen molar-refractivity contribution in [1.82, 2.24) is 14.8 Å². The maximum absolute atomic E-state index is 13.7. The van der Waals surface area contributed by atoms with Crippen molar-refractivity contribution in [2.45, 2.75) is 33.2 Å². The van der Waals surface area contributed by atoms with Crippen LogP contribution < -0.4 is 5.32 Å². The van der Waals surface area contributed by atoms with Crippen LogP contribution in [-0.4, -0.2) is 60.1 Å². The number of aromatic amines is 1. The number of nitrogens with one attached hydrogen (secondary N) is 2. The quantitative estimate of drug-likeness (QED) is 0.225. The van der Waals surface area contributed by atoms with E-state index >= 15 is 0 Å². The second-order valence-corrected chi connectivity index (χ2v) is 9.97. The van der Waals surface area contributed by atoms with Gasteiger partial charge in [-0.1, -0.05) is 65.7 Å². The number of amides is 3. The molecule has 0 atom stereocenters. The monoisotopic (exact) mass is 526 g/mol. The maximum atomic E-state index is 13.7. The number of nitrogens with zero attached hydrogens (tertiary/aromatic N) is 2. The van der Waals surface area contributed by atoms with E-state index in [0.717, 1.165) is 16.6 Å². The molecule has 1 heterocycles. The molecule has 4 rings (SSSR count). The highest BCUT2D eigenvalue weighted by atomic mass is 16.5. The number of urea groups is 1. The van der Waals surface area contributed by atoms with E-state index < -0.39 is 0 Å². The maximum Gasteiger partial charge on any atom is 0.322 e. The summed E-state index contributed by atoms with van der Waals surface area (Å²) in [6, 6.07) is 23.8. The van der Waals surface area contributed by atoms with Crippen molar-refractivity contribution in [2.75, 3.05) is 38.7 Å².